The molecule has 3 aromatic rings. The lowest BCUT2D eigenvalue weighted by Crippen LogP contribution is -2.48. The second-order valence-electron chi connectivity index (χ2n) is 6.33. The van der Waals surface area contributed by atoms with Crippen LogP contribution in [-0.4, -0.2) is 51.9 Å². The van der Waals surface area contributed by atoms with E-state index >= 15 is 0 Å². The Kier molecular flexibility index (Phi) is 5.04. The summed E-state index contributed by atoms with van der Waals surface area (Å²) < 4.78 is 0. The number of aromatic nitrogens is 2. The highest BCUT2D eigenvalue weighted by molar-refractivity contribution is 7.13. The van der Waals surface area contributed by atoms with Crippen LogP contribution in [0.25, 0.3) is 10.6 Å². The van der Waals surface area contributed by atoms with E-state index in [0.717, 1.165) is 43.3 Å². The van der Waals surface area contributed by atoms with Crippen molar-refractivity contribution >= 4 is 17.2 Å². The van der Waals surface area contributed by atoms with Gasteiger partial charge in [0.25, 0.3) is 5.91 Å². The molecule has 0 N–H and O–H groups in total. The monoisotopic (exact) mass is 364 g/mol. The van der Waals surface area contributed by atoms with Crippen LogP contribution in [0, 0.1) is 0 Å². The summed E-state index contributed by atoms with van der Waals surface area (Å²) in [6, 6.07) is 14.3. The normalized spacial score (nSPS) is 15.2. The summed E-state index contributed by atoms with van der Waals surface area (Å²) in [6.07, 6.45) is 3.48. The Morgan fingerprint density at radius 3 is 2.46 bits per heavy atom. The van der Waals surface area contributed by atoms with Gasteiger partial charge in [-0.3, -0.25) is 14.7 Å². The third-order valence-electron chi connectivity index (χ3n) is 4.56. The molecule has 1 aliphatic rings. The highest BCUT2D eigenvalue weighted by Gasteiger charge is 2.24. The van der Waals surface area contributed by atoms with Crippen molar-refractivity contribution in [3.63, 3.8) is 0 Å². The summed E-state index contributed by atoms with van der Waals surface area (Å²) in [6.45, 7) is 4.21. The number of rotatable bonds is 4. The van der Waals surface area contributed by atoms with Crippen molar-refractivity contribution in [2.45, 2.75) is 6.54 Å². The third kappa shape index (κ3) is 3.81. The van der Waals surface area contributed by atoms with Crippen LogP contribution in [0.2, 0.25) is 0 Å². The van der Waals surface area contributed by atoms with Gasteiger partial charge in [0.05, 0.1) is 0 Å². The van der Waals surface area contributed by atoms with Crippen molar-refractivity contribution in [1.29, 1.82) is 0 Å². The topological polar surface area (TPSA) is 49.3 Å². The average Bonchev–Trinajstić information content (AvgIpc) is 3.20. The Labute approximate surface area is 156 Å². The number of hydrogen-bond acceptors (Lipinski definition) is 5. The molecule has 1 aromatic carbocycles. The van der Waals surface area contributed by atoms with E-state index in [9.17, 15) is 4.79 Å². The second-order valence-corrected chi connectivity index (χ2v) is 7.19. The predicted octanol–water partition coefficient (Wildman–Crippen LogP) is 3.16. The van der Waals surface area contributed by atoms with Crippen LogP contribution in [0.1, 0.15) is 16.1 Å². The van der Waals surface area contributed by atoms with Crippen LogP contribution in [0.5, 0.6) is 0 Å². The number of piperazine rings is 1. The van der Waals surface area contributed by atoms with Crippen molar-refractivity contribution < 1.29 is 4.79 Å². The van der Waals surface area contributed by atoms with E-state index in [1.165, 1.54) is 16.9 Å². The number of pyridine rings is 1. The minimum absolute atomic E-state index is 0.0286. The van der Waals surface area contributed by atoms with Crippen molar-refractivity contribution in [2.75, 3.05) is 26.2 Å². The van der Waals surface area contributed by atoms with Gasteiger partial charge < -0.3 is 4.90 Å². The van der Waals surface area contributed by atoms with Crippen molar-refractivity contribution in [2.24, 2.45) is 0 Å². The molecule has 2 aromatic heterocycles. The lowest BCUT2D eigenvalue weighted by atomic mass is 10.2. The molecule has 6 heteroatoms. The Morgan fingerprint density at radius 1 is 1.00 bits per heavy atom. The number of carbonyl (C=O) groups is 1. The van der Waals surface area contributed by atoms with Gasteiger partial charge in [0.2, 0.25) is 0 Å². The molecule has 1 fully saturated rings. The van der Waals surface area contributed by atoms with Crippen LogP contribution < -0.4 is 0 Å². The zero-order valence-electron chi connectivity index (χ0n) is 14.4. The summed E-state index contributed by atoms with van der Waals surface area (Å²) in [4.78, 5) is 25.6. The van der Waals surface area contributed by atoms with Gasteiger partial charge in [-0.05, 0) is 17.7 Å². The van der Waals surface area contributed by atoms with Gasteiger partial charge in [-0.25, -0.2) is 4.98 Å². The SMILES string of the molecule is O=C(c1csc(-c2ccncc2)n1)N1CCN(Cc2ccccc2)CC1. The van der Waals surface area contributed by atoms with Crippen molar-refractivity contribution in [3.8, 4) is 10.6 Å². The molecule has 4 rings (SSSR count). The van der Waals surface area contributed by atoms with Crippen LogP contribution in [-0.2, 0) is 6.54 Å². The predicted molar refractivity (Wildman–Crippen MR) is 103 cm³/mol. The Hall–Kier alpha value is -2.57. The van der Waals surface area contributed by atoms with E-state index in [2.05, 4.69) is 39.1 Å². The summed E-state index contributed by atoms with van der Waals surface area (Å²) in [5, 5.41) is 2.72. The lowest BCUT2D eigenvalue weighted by molar-refractivity contribution is 0.0623. The number of benzene rings is 1. The standard InChI is InChI=1S/C20H20N4OS/c25-20(18-15-26-19(22-18)17-6-8-21-9-7-17)24-12-10-23(11-13-24)14-16-4-2-1-3-5-16/h1-9,15H,10-14H2. The minimum atomic E-state index is 0.0286. The number of nitrogens with zero attached hydrogens (tertiary/aromatic N) is 4. The van der Waals surface area contributed by atoms with Crippen molar-refractivity contribution in [3.05, 3.63) is 71.5 Å². The highest BCUT2D eigenvalue weighted by atomic mass is 32.1. The van der Waals surface area contributed by atoms with E-state index in [0.29, 0.717) is 5.69 Å². The number of thiazole rings is 1. The van der Waals surface area contributed by atoms with E-state index < -0.39 is 0 Å². The fraction of sp³-hybridized carbons (Fsp3) is 0.250. The second kappa shape index (κ2) is 7.76. The first-order valence-electron chi connectivity index (χ1n) is 8.71. The zero-order chi connectivity index (χ0) is 17.8. The lowest BCUT2D eigenvalue weighted by Gasteiger charge is -2.34. The van der Waals surface area contributed by atoms with Gasteiger partial charge in [-0.1, -0.05) is 30.3 Å². The fourth-order valence-corrected chi connectivity index (χ4v) is 3.91. The largest absolute Gasteiger partial charge is 0.335 e. The molecule has 1 aliphatic heterocycles. The first-order chi connectivity index (χ1) is 12.8. The zero-order valence-corrected chi connectivity index (χ0v) is 15.2. The van der Waals surface area contributed by atoms with Gasteiger partial charge in [-0.2, -0.15) is 0 Å². The number of carbonyl (C=O) groups excluding carboxylic acids is 1. The molecular weight excluding hydrogens is 344 g/mol. The number of amides is 1. The van der Waals surface area contributed by atoms with Gasteiger partial charge in [-0.15, -0.1) is 11.3 Å². The van der Waals surface area contributed by atoms with Gasteiger partial charge >= 0.3 is 0 Å². The Balaban J connectivity index is 1.36. The smallest absolute Gasteiger partial charge is 0.273 e. The van der Waals surface area contributed by atoms with E-state index in [-0.39, 0.29) is 5.91 Å². The quantitative estimate of drug-likeness (QED) is 0.714. The molecule has 0 radical (unpaired) electrons. The van der Waals surface area contributed by atoms with Crippen LogP contribution in [0.4, 0.5) is 0 Å². The average molecular weight is 364 g/mol. The van der Waals surface area contributed by atoms with E-state index in [1.54, 1.807) is 12.4 Å². The molecule has 5 nitrogen and oxygen atoms in total. The first-order valence-corrected chi connectivity index (χ1v) is 9.59. The Bertz CT molecular complexity index is 858. The molecular formula is C20H20N4OS. The molecule has 0 saturated carbocycles. The third-order valence-corrected chi connectivity index (χ3v) is 5.45. The summed E-state index contributed by atoms with van der Waals surface area (Å²) in [5.41, 5.74) is 2.85. The van der Waals surface area contributed by atoms with Gasteiger partial charge in [0.1, 0.15) is 10.7 Å². The Morgan fingerprint density at radius 2 is 1.73 bits per heavy atom. The maximum Gasteiger partial charge on any atom is 0.273 e. The molecule has 0 bridgehead atoms. The highest BCUT2D eigenvalue weighted by Crippen LogP contribution is 2.23. The maximum atomic E-state index is 12.7. The van der Waals surface area contributed by atoms with E-state index in [1.807, 2.05) is 28.5 Å². The molecule has 0 aliphatic carbocycles. The van der Waals surface area contributed by atoms with Crippen LogP contribution in [0.15, 0.2) is 60.2 Å². The maximum absolute atomic E-state index is 12.7. The minimum Gasteiger partial charge on any atom is -0.335 e. The van der Waals surface area contributed by atoms with Gasteiger partial charge in [0.15, 0.2) is 0 Å². The summed E-state index contributed by atoms with van der Waals surface area (Å²) in [7, 11) is 0. The molecule has 1 saturated heterocycles. The molecule has 0 unspecified atom stereocenters. The summed E-state index contributed by atoms with van der Waals surface area (Å²) >= 11 is 1.50. The molecule has 0 spiro atoms. The van der Waals surface area contributed by atoms with Crippen LogP contribution in [0.3, 0.4) is 0 Å². The van der Waals surface area contributed by atoms with E-state index in [4.69, 9.17) is 0 Å². The molecule has 3 heterocycles. The summed E-state index contributed by atoms with van der Waals surface area (Å²) in [5.74, 6) is 0.0286. The number of hydrogen-bond donors (Lipinski definition) is 0. The molecule has 132 valence electrons. The first kappa shape index (κ1) is 16.9. The van der Waals surface area contributed by atoms with Crippen LogP contribution >= 0.6 is 11.3 Å². The molecule has 0 atom stereocenters. The molecule has 1 amide bonds. The van der Waals surface area contributed by atoms with Crippen molar-refractivity contribution in [1.82, 2.24) is 19.8 Å². The molecule has 26 heavy (non-hydrogen) atoms. The van der Waals surface area contributed by atoms with Gasteiger partial charge in [0, 0.05) is 56.1 Å². The fourth-order valence-electron chi connectivity index (χ4n) is 3.11.